The van der Waals surface area contributed by atoms with Crippen molar-refractivity contribution in [2.45, 2.75) is 0 Å². The molecule has 0 saturated heterocycles. The van der Waals surface area contributed by atoms with Gasteiger partial charge in [0.1, 0.15) is 5.65 Å². The molecule has 0 amide bonds. The van der Waals surface area contributed by atoms with Gasteiger partial charge in [-0.05, 0) is 66.7 Å². The zero-order chi connectivity index (χ0) is 30.6. The Morgan fingerprint density at radius 2 is 1.02 bits per heavy atom. The molecule has 0 N–H and O–H groups in total. The van der Waals surface area contributed by atoms with Gasteiger partial charge in [-0.1, -0.05) is 78.9 Å². The van der Waals surface area contributed by atoms with Crippen LogP contribution in [0.15, 0.2) is 152 Å². The Hall–Kier alpha value is -6.46. The van der Waals surface area contributed by atoms with Gasteiger partial charge in [0.05, 0.1) is 44.1 Å². The van der Waals surface area contributed by atoms with E-state index in [4.69, 9.17) is 9.97 Å². The molecule has 5 heterocycles. The molecule has 6 aromatic carbocycles. The molecule has 0 fully saturated rings. The first-order chi connectivity index (χ1) is 23.4. The van der Waals surface area contributed by atoms with Gasteiger partial charge >= 0.3 is 0 Å². The average molecular weight is 600 g/mol. The molecule has 0 bridgehead atoms. The summed E-state index contributed by atoms with van der Waals surface area (Å²) in [6, 6.07) is 51.9. The summed E-state index contributed by atoms with van der Waals surface area (Å²) in [6.45, 7) is 0. The van der Waals surface area contributed by atoms with Gasteiger partial charge in [-0.3, -0.25) is 9.38 Å². The van der Waals surface area contributed by atoms with Crippen LogP contribution in [-0.4, -0.2) is 23.5 Å². The molecule has 11 rings (SSSR count). The number of benzene rings is 6. The summed E-state index contributed by atoms with van der Waals surface area (Å²) in [5.41, 5.74) is 12.0. The summed E-state index contributed by atoms with van der Waals surface area (Å²) in [5.74, 6) is 0. The average Bonchev–Trinajstić information content (AvgIpc) is 3.80. The van der Waals surface area contributed by atoms with Crippen LogP contribution in [0.5, 0.6) is 0 Å². The first-order valence-corrected chi connectivity index (χ1v) is 15.9. The van der Waals surface area contributed by atoms with Crippen LogP contribution in [0.4, 0.5) is 0 Å². The molecule has 5 nitrogen and oxygen atoms in total. The first kappa shape index (κ1) is 24.8. The van der Waals surface area contributed by atoms with E-state index in [1.807, 2.05) is 12.3 Å². The largest absolute Gasteiger partial charge is 0.307 e. The van der Waals surface area contributed by atoms with E-state index in [2.05, 4.69) is 153 Å². The summed E-state index contributed by atoms with van der Waals surface area (Å²) in [5, 5.41) is 7.06. The lowest BCUT2D eigenvalue weighted by molar-refractivity contribution is 1.15. The lowest BCUT2D eigenvalue weighted by Gasteiger charge is -2.12. The molecule has 11 aromatic rings. The van der Waals surface area contributed by atoms with Gasteiger partial charge in [0, 0.05) is 49.9 Å². The Morgan fingerprint density at radius 3 is 1.83 bits per heavy atom. The highest BCUT2D eigenvalue weighted by Gasteiger charge is 2.24. The summed E-state index contributed by atoms with van der Waals surface area (Å²) in [6.07, 6.45) is 1.91. The van der Waals surface area contributed by atoms with E-state index in [0.29, 0.717) is 0 Å². The minimum Gasteiger partial charge on any atom is -0.307 e. The number of hydrogen-bond acceptors (Lipinski definition) is 2. The second kappa shape index (κ2) is 9.05. The standard InChI is InChI=1S/C42H25N5/c1-3-12-26(13-4-1)45-33-18-9-7-16-28(33)29-21-22-30-37-35(46(41(30)40(29)45)27-14-5-2-6-15-27)24-23-31-38(37)39-36(20-11-25-43-39)47-34-19-10-8-17-32(34)44-42(31)47/h1-25H. The van der Waals surface area contributed by atoms with Crippen molar-refractivity contribution in [1.29, 1.82) is 0 Å². The molecule has 0 aliphatic carbocycles. The maximum Gasteiger partial charge on any atom is 0.146 e. The van der Waals surface area contributed by atoms with E-state index in [9.17, 15) is 0 Å². The predicted molar refractivity (Wildman–Crippen MR) is 194 cm³/mol. The normalized spacial score (nSPS) is 12.3. The van der Waals surface area contributed by atoms with E-state index >= 15 is 0 Å². The molecule has 0 spiro atoms. The molecule has 5 aromatic heterocycles. The lowest BCUT2D eigenvalue weighted by atomic mass is 10.0. The van der Waals surface area contributed by atoms with Gasteiger partial charge in [0.25, 0.3) is 0 Å². The first-order valence-electron chi connectivity index (χ1n) is 15.9. The summed E-state index contributed by atoms with van der Waals surface area (Å²) in [4.78, 5) is 10.3. The molecule has 0 aliphatic heterocycles. The number of rotatable bonds is 2. The Balaban J connectivity index is 1.45. The van der Waals surface area contributed by atoms with E-state index in [1.54, 1.807) is 0 Å². The van der Waals surface area contributed by atoms with Gasteiger partial charge in [0.15, 0.2) is 0 Å². The van der Waals surface area contributed by atoms with Crippen molar-refractivity contribution < 1.29 is 0 Å². The molecule has 0 unspecified atom stereocenters. The SMILES string of the molecule is c1ccc(-n2c3ccccc3c3ccc4c5c6c(ccc5n(-c5ccccc5)c4c32)c2nc3ccccc3n2c2cccnc62)cc1. The highest BCUT2D eigenvalue weighted by Crippen LogP contribution is 2.45. The number of imidazole rings is 1. The number of pyridine rings is 2. The van der Waals surface area contributed by atoms with E-state index in [-0.39, 0.29) is 0 Å². The number of nitrogens with zero attached hydrogens (tertiary/aromatic N) is 5. The Labute approximate surface area is 268 Å². The third-order valence-corrected chi connectivity index (χ3v) is 9.82. The number of fused-ring (bicyclic) bond motifs is 16. The van der Waals surface area contributed by atoms with Crippen LogP contribution in [0.1, 0.15) is 0 Å². The number of aromatic nitrogens is 5. The summed E-state index contributed by atoms with van der Waals surface area (Å²) < 4.78 is 7.16. The zero-order valence-electron chi connectivity index (χ0n) is 25.2. The molecule has 218 valence electrons. The van der Waals surface area contributed by atoms with Crippen LogP contribution in [0.3, 0.4) is 0 Å². The van der Waals surface area contributed by atoms with Crippen LogP contribution in [-0.2, 0) is 0 Å². The fraction of sp³-hybridized carbons (Fsp3) is 0. The van der Waals surface area contributed by atoms with E-state index in [1.165, 1.54) is 38.1 Å². The van der Waals surface area contributed by atoms with Crippen molar-refractivity contribution >= 4 is 82.1 Å². The number of para-hydroxylation sites is 5. The van der Waals surface area contributed by atoms with Crippen molar-refractivity contribution in [3.63, 3.8) is 0 Å². The van der Waals surface area contributed by atoms with Crippen molar-refractivity contribution in [1.82, 2.24) is 23.5 Å². The maximum absolute atomic E-state index is 5.20. The smallest absolute Gasteiger partial charge is 0.146 e. The Kier molecular flexibility index (Phi) is 4.78. The van der Waals surface area contributed by atoms with Crippen LogP contribution in [0.25, 0.3) is 93.5 Å². The highest BCUT2D eigenvalue weighted by atomic mass is 15.1. The lowest BCUT2D eigenvalue weighted by Crippen LogP contribution is -1.98. The molecule has 0 aliphatic rings. The van der Waals surface area contributed by atoms with E-state index in [0.717, 1.165) is 55.4 Å². The minimum absolute atomic E-state index is 0.948. The summed E-state index contributed by atoms with van der Waals surface area (Å²) in [7, 11) is 0. The zero-order valence-corrected chi connectivity index (χ0v) is 25.2. The molecule has 5 heteroatoms. The van der Waals surface area contributed by atoms with E-state index < -0.39 is 0 Å². The fourth-order valence-electron chi connectivity index (χ4n) is 7.98. The number of hydrogen-bond donors (Lipinski definition) is 0. The van der Waals surface area contributed by atoms with Crippen LogP contribution >= 0.6 is 0 Å². The second-order valence-electron chi connectivity index (χ2n) is 12.2. The molecule has 0 saturated carbocycles. The Morgan fingerprint density at radius 1 is 0.404 bits per heavy atom. The van der Waals surface area contributed by atoms with Gasteiger partial charge < -0.3 is 9.13 Å². The van der Waals surface area contributed by atoms with Crippen LogP contribution in [0, 0.1) is 0 Å². The molecule has 0 atom stereocenters. The summed E-state index contributed by atoms with van der Waals surface area (Å²) >= 11 is 0. The van der Waals surface area contributed by atoms with Crippen molar-refractivity contribution in [2.24, 2.45) is 0 Å². The molecular formula is C42H25N5. The van der Waals surface area contributed by atoms with Gasteiger partial charge in [-0.15, -0.1) is 0 Å². The van der Waals surface area contributed by atoms with Gasteiger partial charge in [0.2, 0.25) is 0 Å². The van der Waals surface area contributed by atoms with Crippen LogP contribution < -0.4 is 0 Å². The fourth-order valence-corrected chi connectivity index (χ4v) is 7.98. The monoisotopic (exact) mass is 599 g/mol. The quantitative estimate of drug-likeness (QED) is 0.186. The topological polar surface area (TPSA) is 40.0 Å². The molecule has 0 radical (unpaired) electrons. The minimum atomic E-state index is 0.948. The Bertz CT molecular complexity index is 3060. The van der Waals surface area contributed by atoms with Crippen molar-refractivity contribution in [2.75, 3.05) is 0 Å². The third-order valence-electron chi connectivity index (χ3n) is 9.82. The van der Waals surface area contributed by atoms with Gasteiger partial charge in [-0.2, -0.15) is 0 Å². The van der Waals surface area contributed by atoms with Crippen LogP contribution in [0.2, 0.25) is 0 Å². The second-order valence-corrected chi connectivity index (χ2v) is 12.2. The highest BCUT2D eigenvalue weighted by molar-refractivity contribution is 6.33. The van der Waals surface area contributed by atoms with Crippen molar-refractivity contribution in [3.8, 4) is 11.4 Å². The van der Waals surface area contributed by atoms with Gasteiger partial charge in [-0.25, -0.2) is 4.98 Å². The predicted octanol–water partition coefficient (Wildman–Crippen LogP) is 10.4. The molecular weight excluding hydrogens is 574 g/mol. The third kappa shape index (κ3) is 3.17. The molecule has 47 heavy (non-hydrogen) atoms. The maximum atomic E-state index is 5.20. The van der Waals surface area contributed by atoms with Crippen molar-refractivity contribution in [3.05, 3.63) is 152 Å².